The number of hydrogen-bond acceptors (Lipinski definition) is 2. The fraction of sp³-hybridized carbons (Fsp3) is 1.00. The molecule has 0 bridgehead atoms. The van der Waals surface area contributed by atoms with Crippen molar-refractivity contribution in [3.63, 3.8) is 0 Å². The normalized spacial score (nSPS) is 37.4. The Morgan fingerprint density at radius 1 is 1.31 bits per heavy atom. The summed E-state index contributed by atoms with van der Waals surface area (Å²) in [5.41, 5.74) is 0. The van der Waals surface area contributed by atoms with E-state index in [0.29, 0.717) is 11.8 Å². The van der Waals surface area contributed by atoms with Crippen LogP contribution in [0.4, 0.5) is 0 Å². The van der Waals surface area contributed by atoms with E-state index >= 15 is 0 Å². The van der Waals surface area contributed by atoms with Crippen molar-refractivity contribution in [3.05, 3.63) is 0 Å². The van der Waals surface area contributed by atoms with E-state index in [9.17, 15) is 0 Å². The Hall–Kier alpha value is -0.0800. The monoisotopic (exact) mass is 186 g/mol. The molecule has 13 heavy (non-hydrogen) atoms. The molecule has 0 aromatic rings. The van der Waals surface area contributed by atoms with Gasteiger partial charge in [0.15, 0.2) is 5.79 Å². The second kappa shape index (κ2) is 4.43. The Morgan fingerprint density at radius 2 is 1.85 bits per heavy atom. The van der Waals surface area contributed by atoms with E-state index in [0.717, 1.165) is 19.6 Å². The molecule has 1 unspecified atom stereocenters. The maximum atomic E-state index is 5.73. The van der Waals surface area contributed by atoms with E-state index in [-0.39, 0.29) is 5.79 Å². The van der Waals surface area contributed by atoms with E-state index in [1.165, 1.54) is 6.42 Å². The molecular formula is C11H22O2. The quantitative estimate of drug-likeness (QED) is 0.674. The first-order valence-electron chi connectivity index (χ1n) is 5.39. The van der Waals surface area contributed by atoms with Gasteiger partial charge in [-0.2, -0.15) is 0 Å². The molecule has 0 aromatic carbocycles. The number of rotatable bonds is 3. The summed E-state index contributed by atoms with van der Waals surface area (Å²) in [4.78, 5) is 0. The molecule has 78 valence electrons. The molecule has 1 atom stereocenters. The summed E-state index contributed by atoms with van der Waals surface area (Å²) in [6.45, 7) is 10.3. The lowest BCUT2D eigenvalue weighted by Gasteiger charge is -2.38. The van der Waals surface area contributed by atoms with Crippen LogP contribution in [0, 0.1) is 11.8 Å². The van der Waals surface area contributed by atoms with Gasteiger partial charge in [-0.15, -0.1) is 0 Å². The molecule has 0 amide bonds. The molecule has 1 fully saturated rings. The molecule has 0 spiro atoms. The van der Waals surface area contributed by atoms with Crippen molar-refractivity contribution in [2.45, 2.75) is 46.3 Å². The highest BCUT2D eigenvalue weighted by atomic mass is 16.7. The van der Waals surface area contributed by atoms with Crippen molar-refractivity contribution in [1.29, 1.82) is 0 Å². The first-order chi connectivity index (χ1) is 6.11. The zero-order valence-corrected chi connectivity index (χ0v) is 9.30. The summed E-state index contributed by atoms with van der Waals surface area (Å²) in [5.74, 6) is 0.982. The van der Waals surface area contributed by atoms with Gasteiger partial charge in [0.2, 0.25) is 0 Å². The molecule has 1 rings (SSSR count). The second-order valence-corrected chi connectivity index (χ2v) is 4.25. The van der Waals surface area contributed by atoms with Crippen LogP contribution < -0.4 is 0 Å². The van der Waals surface area contributed by atoms with Crippen LogP contribution in [0.2, 0.25) is 0 Å². The Kier molecular flexibility index (Phi) is 3.74. The smallest absolute Gasteiger partial charge is 0.165 e. The fourth-order valence-corrected chi connectivity index (χ4v) is 1.52. The predicted octanol–water partition coefficient (Wildman–Crippen LogP) is 2.82. The van der Waals surface area contributed by atoms with Gasteiger partial charge in [0.1, 0.15) is 0 Å². The third-order valence-electron chi connectivity index (χ3n) is 3.30. The van der Waals surface area contributed by atoms with Crippen molar-refractivity contribution >= 4 is 0 Å². The summed E-state index contributed by atoms with van der Waals surface area (Å²) in [6, 6.07) is 0. The molecule has 0 N–H and O–H groups in total. The van der Waals surface area contributed by atoms with E-state index in [1.807, 2.05) is 6.92 Å². The van der Waals surface area contributed by atoms with Crippen LogP contribution in [-0.4, -0.2) is 19.0 Å². The molecule has 2 heteroatoms. The summed E-state index contributed by atoms with van der Waals surface area (Å²) < 4.78 is 11.5. The summed E-state index contributed by atoms with van der Waals surface area (Å²) >= 11 is 0. The largest absolute Gasteiger partial charge is 0.350 e. The molecule has 1 aliphatic heterocycles. The number of hydrogen-bond donors (Lipinski definition) is 0. The summed E-state index contributed by atoms with van der Waals surface area (Å²) in [7, 11) is 0. The van der Waals surface area contributed by atoms with Gasteiger partial charge in [0.05, 0.1) is 13.2 Å². The molecule has 0 saturated carbocycles. The van der Waals surface area contributed by atoms with Crippen LogP contribution in [0.3, 0.4) is 0 Å². The van der Waals surface area contributed by atoms with Crippen molar-refractivity contribution in [1.82, 2.24) is 0 Å². The van der Waals surface area contributed by atoms with E-state index in [1.54, 1.807) is 0 Å². The minimum atomic E-state index is -0.316. The van der Waals surface area contributed by atoms with Gasteiger partial charge >= 0.3 is 0 Å². The van der Waals surface area contributed by atoms with Crippen LogP contribution in [0.1, 0.15) is 40.5 Å². The maximum Gasteiger partial charge on any atom is 0.165 e. The third-order valence-corrected chi connectivity index (χ3v) is 3.30. The average Bonchev–Trinajstić information content (AvgIpc) is 2.18. The van der Waals surface area contributed by atoms with Gasteiger partial charge in [0.25, 0.3) is 0 Å². The lowest BCUT2D eigenvalue weighted by molar-refractivity contribution is -0.278. The number of ether oxygens (including phenoxy) is 2. The standard InChI is InChI=1S/C11H22O2/c1-5-9(3)10-7-12-11(4,6-2)13-8-10/h9-10H,5-8H2,1-4H3. The van der Waals surface area contributed by atoms with Crippen LogP contribution in [0.25, 0.3) is 0 Å². The minimum absolute atomic E-state index is 0.316. The molecule has 1 heterocycles. The molecule has 1 saturated heterocycles. The molecule has 0 aliphatic carbocycles. The van der Waals surface area contributed by atoms with Crippen LogP contribution in [-0.2, 0) is 9.47 Å². The van der Waals surface area contributed by atoms with E-state index in [2.05, 4.69) is 20.8 Å². The molecule has 0 aromatic heterocycles. The van der Waals surface area contributed by atoms with Gasteiger partial charge in [-0.25, -0.2) is 0 Å². The third kappa shape index (κ3) is 2.68. The van der Waals surface area contributed by atoms with Crippen molar-refractivity contribution in [2.75, 3.05) is 13.2 Å². The summed E-state index contributed by atoms with van der Waals surface area (Å²) in [6.07, 6.45) is 2.14. The molecular weight excluding hydrogens is 164 g/mol. The van der Waals surface area contributed by atoms with Crippen LogP contribution in [0.5, 0.6) is 0 Å². The van der Waals surface area contributed by atoms with Gasteiger partial charge in [-0.3, -0.25) is 0 Å². The van der Waals surface area contributed by atoms with Crippen molar-refractivity contribution in [2.24, 2.45) is 11.8 Å². The lowest BCUT2D eigenvalue weighted by atomic mass is 9.92. The Labute approximate surface area is 81.6 Å². The molecule has 0 radical (unpaired) electrons. The summed E-state index contributed by atoms with van der Waals surface area (Å²) in [5, 5.41) is 0. The maximum absolute atomic E-state index is 5.73. The molecule has 2 nitrogen and oxygen atoms in total. The van der Waals surface area contributed by atoms with Crippen LogP contribution >= 0.6 is 0 Å². The highest BCUT2D eigenvalue weighted by molar-refractivity contribution is 4.73. The highest BCUT2D eigenvalue weighted by Gasteiger charge is 2.32. The molecule has 1 aliphatic rings. The predicted molar refractivity (Wildman–Crippen MR) is 53.5 cm³/mol. The fourth-order valence-electron chi connectivity index (χ4n) is 1.52. The Balaban J connectivity index is 2.38. The van der Waals surface area contributed by atoms with Gasteiger partial charge in [0, 0.05) is 5.92 Å². The average molecular weight is 186 g/mol. The topological polar surface area (TPSA) is 18.5 Å². The van der Waals surface area contributed by atoms with Gasteiger partial charge < -0.3 is 9.47 Å². The zero-order valence-electron chi connectivity index (χ0n) is 9.30. The van der Waals surface area contributed by atoms with Gasteiger partial charge in [-0.05, 0) is 19.3 Å². The van der Waals surface area contributed by atoms with Crippen molar-refractivity contribution < 1.29 is 9.47 Å². The SMILES string of the molecule is CCC(C)C1COC(C)(CC)OC1. The highest BCUT2D eigenvalue weighted by Crippen LogP contribution is 2.28. The Bertz CT molecular complexity index is 148. The second-order valence-electron chi connectivity index (χ2n) is 4.25. The zero-order chi connectivity index (χ0) is 9.90. The van der Waals surface area contributed by atoms with Crippen LogP contribution in [0.15, 0.2) is 0 Å². The lowest BCUT2D eigenvalue weighted by Crippen LogP contribution is -2.43. The Morgan fingerprint density at radius 3 is 2.23 bits per heavy atom. The van der Waals surface area contributed by atoms with Crippen molar-refractivity contribution in [3.8, 4) is 0 Å². The first-order valence-corrected chi connectivity index (χ1v) is 5.39. The van der Waals surface area contributed by atoms with E-state index in [4.69, 9.17) is 9.47 Å². The van der Waals surface area contributed by atoms with Gasteiger partial charge in [-0.1, -0.05) is 27.2 Å². The first kappa shape index (κ1) is 11.0. The minimum Gasteiger partial charge on any atom is -0.350 e. The van der Waals surface area contributed by atoms with E-state index < -0.39 is 0 Å².